The van der Waals surface area contributed by atoms with Crippen molar-refractivity contribution >= 4 is 35.1 Å². The first-order chi connectivity index (χ1) is 29.3. The fourth-order valence-electron chi connectivity index (χ4n) is 7.11. The molecule has 0 radical (unpaired) electrons. The highest BCUT2D eigenvalue weighted by atomic mass is 32.1. The molecule has 0 aromatic carbocycles. The summed E-state index contributed by atoms with van der Waals surface area (Å²) < 4.78 is 60.2. The Balaban J connectivity index is 1.40. The number of hydrogen-bond donors (Lipinski definition) is 2. The summed E-state index contributed by atoms with van der Waals surface area (Å²) >= 11 is 0.653. The molecular weight excluding hydrogens is 820 g/mol. The summed E-state index contributed by atoms with van der Waals surface area (Å²) in [4.78, 5) is 67.1. The number of piperazine rings is 3. The number of pyridine rings is 2. The first-order valence-electron chi connectivity index (χ1n) is 20.6. The van der Waals surface area contributed by atoms with E-state index in [-0.39, 0.29) is 70.9 Å². The normalized spacial score (nSPS) is 17.9. The van der Waals surface area contributed by atoms with Crippen molar-refractivity contribution in [1.82, 2.24) is 49.7 Å². The molecule has 3 fully saturated rings. The standard InChI is InChI=1S/C40H56F3N11O6S/c1-5-44-39(57)48-34-33(38(56)60-23-20-54-16-10-51(4)11-17-54)32(36-47-31(27-61-36)40(41,42)43)30(26-45-34)29-24-28(37(55)59-22-19-53-14-8-50(3)9-15-53)25-46-35(29)58-21-18-52-12-6-49(2)7-13-52/h24-27H,5-23H2,1-4H3,(H2,44,45,48,57). The number of anilines is 1. The van der Waals surface area contributed by atoms with Crippen LogP contribution in [0.3, 0.4) is 0 Å². The minimum atomic E-state index is -4.81. The SMILES string of the molecule is CCNC(=O)Nc1ncc(-c2cc(C(=O)OCCN3CCN(C)CC3)cnc2OCCN2CCN(C)CC2)c(-c2nc(C(F)(F)F)cs2)c1C(=O)OCCN1CCN(C)CC1. The van der Waals surface area contributed by atoms with Crippen LogP contribution in [-0.2, 0) is 15.7 Å². The summed E-state index contributed by atoms with van der Waals surface area (Å²) in [5, 5.41) is 5.80. The Labute approximate surface area is 358 Å². The van der Waals surface area contributed by atoms with Crippen molar-refractivity contribution in [2.24, 2.45) is 0 Å². The summed E-state index contributed by atoms with van der Waals surface area (Å²) in [6.45, 7) is 13.8. The van der Waals surface area contributed by atoms with Crippen molar-refractivity contribution in [3.63, 3.8) is 0 Å². The number of nitrogens with zero attached hydrogens (tertiary/aromatic N) is 9. The maximum Gasteiger partial charge on any atom is 0.434 e. The number of esters is 2. The minimum Gasteiger partial charge on any atom is -0.476 e. The van der Waals surface area contributed by atoms with Crippen LogP contribution in [0.5, 0.6) is 5.88 Å². The fraction of sp³-hybridized carbons (Fsp3) is 0.600. The molecule has 3 aromatic rings. The van der Waals surface area contributed by atoms with Gasteiger partial charge in [0, 0.05) is 139 Å². The molecule has 0 atom stereocenters. The van der Waals surface area contributed by atoms with Gasteiger partial charge in [-0.3, -0.25) is 20.0 Å². The van der Waals surface area contributed by atoms with Crippen molar-refractivity contribution in [3.8, 4) is 27.6 Å². The van der Waals surface area contributed by atoms with Gasteiger partial charge < -0.3 is 34.2 Å². The number of hydrogen-bond acceptors (Lipinski definition) is 16. The van der Waals surface area contributed by atoms with Crippen molar-refractivity contribution in [3.05, 3.63) is 40.7 Å². The van der Waals surface area contributed by atoms with Gasteiger partial charge in [-0.1, -0.05) is 0 Å². The summed E-state index contributed by atoms with van der Waals surface area (Å²) in [7, 11) is 6.14. The molecule has 17 nitrogen and oxygen atoms in total. The molecule has 21 heteroatoms. The van der Waals surface area contributed by atoms with Crippen LogP contribution >= 0.6 is 11.3 Å². The van der Waals surface area contributed by atoms with Crippen molar-refractivity contribution < 1.29 is 41.8 Å². The molecule has 0 unspecified atom stereocenters. The lowest BCUT2D eigenvalue weighted by atomic mass is 9.97. The third kappa shape index (κ3) is 12.8. The molecular formula is C40H56F3N11O6S. The van der Waals surface area contributed by atoms with Gasteiger partial charge in [0.2, 0.25) is 5.88 Å². The number of urea groups is 1. The lowest BCUT2D eigenvalue weighted by Gasteiger charge is -2.32. The fourth-order valence-corrected chi connectivity index (χ4v) is 8.00. The zero-order chi connectivity index (χ0) is 43.5. The van der Waals surface area contributed by atoms with Gasteiger partial charge in [0.15, 0.2) is 5.69 Å². The predicted octanol–water partition coefficient (Wildman–Crippen LogP) is 2.86. The molecule has 334 valence electrons. The number of amides is 2. The Morgan fingerprint density at radius 3 is 1.80 bits per heavy atom. The van der Waals surface area contributed by atoms with E-state index in [1.807, 2.05) is 7.05 Å². The molecule has 6 heterocycles. The van der Waals surface area contributed by atoms with Gasteiger partial charge in [0.05, 0.1) is 5.56 Å². The number of alkyl halides is 3. The lowest BCUT2D eigenvalue weighted by Crippen LogP contribution is -2.45. The first kappa shape index (κ1) is 46.0. The van der Waals surface area contributed by atoms with Crippen LogP contribution in [0.1, 0.15) is 33.3 Å². The van der Waals surface area contributed by atoms with Crippen LogP contribution in [0.15, 0.2) is 23.8 Å². The Morgan fingerprint density at radius 1 is 0.738 bits per heavy atom. The van der Waals surface area contributed by atoms with E-state index in [4.69, 9.17) is 14.2 Å². The van der Waals surface area contributed by atoms with Crippen molar-refractivity contribution in [1.29, 1.82) is 0 Å². The molecule has 0 bridgehead atoms. The summed E-state index contributed by atoms with van der Waals surface area (Å²) in [6.07, 6.45) is -2.19. The highest BCUT2D eigenvalue weighted by molar-refractivity contribution is 7.13. The topological polar surface area (TPSA) is 161 Å². The van der Waals surface area contributed by atoms with Crippen LogP contribution in [0.4, 0.5) is 23.8 Å². The summed E-state index contributed by atoms with van der Waals surface area (Å²) in [6, 6.07) is 0.764. The van der Waals surface area contributed by atoms with E-state index >= 15 is 0 Å². The average Bonchev–Trinajstić information content (AvgIpc) is 3.74. The van der Waals surface area contributed by atoms with Gasteiger partial charge >= 0.3 is 24.1 Å². The molecule has 3 aliphatic rings. The zero-order valence-corrected chi connectivity index (χ0v) is 36.1. The average molecular weight is 876 g/mol. The maximum atomic E-state index is 14.3. The molecule has 0 aliphatic carbocycles. The zero-order valence-electron chi connectivity index (χ0n) is 35.3. The number of ether oxygens (including phenoxy) is 3. The minimum absolute atomic E-state index is 0.0394. The Morgan fingerprint density at radius 2 is 1.28 bits per heavy atom. The third-order valence-corrected chi connectivity index (χ3v) is 11.8. The molecule has 0 spiro atoms. The first-order valence-corrected chi connectivity index (χ1v) is 21.5. The van der Waals surface area contributed by atoms with E-state index < -0.39 is 29.8 Å². The van der Waals surface area contributed by atoms with Crippen LogP contribution < -0.4 is 15.4 Å². The van der Waals surface area contributed by atoms with Gasteiger partial charge in [-0.05, 0) is 34.1 Å². The molecule has 61 heavy (non-hydrogen) atoms. The van der Waals surface area contributed by atoms with Gasteiger partial charge in [-0.15, -0.1) is 11.3 Å². The maximum absolute atomic E-state index is 14.3. The summed E-state index contributed by atoms with van der Waals surface area (Å²) in [5.41, 5.74) is -1.35. The predicted molar refractivity (Wildman–Crippen MR) is 224 cm³/mol. The molecule has 2 N–H and O–H groups in total. The van der Waals surface area contributed by atoms with Gasteiger partial charge in [-0.25, -0.2) is 29.3 Å². The second-order valence-electron chi connectivity index (χ2n) is 15.4. The molecule has 3 aromatic heterocycles. The summed E-state index contributed by atoms with van der Waals surface area (Å²) in [5.74, 6) is -1.84. The molecule has 3 aliphatic heterocycles. The number of nitrogens with one attached hydrogen (secondary N) is 2. The quantitative estimate of drug-likeness (QED) is 0.202. The van der Waals surface area contributed by atoms with E-state index in [1.54, 1.807) is 6.92 Å². The molecule has 6 rings (SSSR count). The van der Waals surface area contributed by atoms with Crippen LogP contribution in [-0.4, -0.2) is 208 Å². The second-order valence-corrected chi connectivity index (χ2v) is 16.3. The van der Waals surface area contributed by atoms with Crippen LogP contribution in [0.25, 0.3) is 21.7 Å². The number of thiazole rings is 1. The van der Waals surface area contributed by atoms with Crippen molar-refractivity contribution in [2.45, 2.75) is 13.1 Å². The lowest BCUT2D eigenvalue weighted by molar-refractivity contribution is -0.140. The second kappa shape index (κ2) is 21.5. The Hall–Kier alpha value is -4.51. The third-order valence-electron chi connectivity index (χ3n) is 11.0. The Bertz CT molecular complexity index is 1950. The number of carbonyl (C=O) groups is 3. The highest BCUT2D eigenvalue weighted by Gasteiger charge is 2.36. The molecule has 0 saturated carbocycles. The van der Waals surface area contributed by atoms with E-state index in [0.29, 0.717) is 31.0 Å². The molecule has 2 amide bonds. The number of aromatic nitrogens is 3. The van der Waals surface area contributed by atoms with E-state index in [2.05, 4.69) is 69.1 Å². The number of carbonyl (C=O) groups excluding carboxylic acids is 3. The number of halogens is 3. The van der Waals surface area contributed by atoms with E-state index in [9.17, 15) is 27.6 Å². The van der Waals surface area contributed by atoms with Crippen molar-refractivity contribution in [2.75, 3.05) is 151 Å². The van der Waals surface area contributed by atoms with Gasteiger partial charge in [0.1, 0.15) is 36.2 Å². The number of rotatable bonds is 16. The number of likely N-dealkylation sites (N-methyl/N-ethyl adjacent to an activating group) is 3. The Kier molecular flexibility index (Phi) is 16.2. The smallest absolute Gasteiger partial charge is 0.434 e. The monoisotopic (exact) mass is 875 g/mol. The molecule has 3 saturated heterocycles. The van der Waals surface area contributed by atoms with Crippen LogP contribution in [0, 0.1) is 0 Å². The van der Waals surface area contributed by atoms with Gasteiger partial charge in [-0.2, -0.15) is 13.2 Å². The largest absolute Gasteiger partial charge is 0.476 e. The van der Waals surface area contributed by atoms with Gasteiger partial charge in [0.25, 0.3) is 0 Å². The van der Waals surface area contributed by atoms with Crippen LogP contribution in [0.2, 0.25) is 0 Å². The van der Waals surface area contributed by atoms with E-state index in [0.717, 1.165) is 83.9 Å². The van der Waals surface area contributed by atoms with E-state index in [1.165, 1.54) is 18.5 Å². The highest BCUT2D eigenvalue weighted by Crippen LogP contribution is 2.43.